The van der Waals surface area contributed by atoms with Crippen molar-refractivity contribution < 1.29 is 43.3 Å². The summed E-state index contributed by atoms with van der Waals surface area (Å²) in [4.78, 5) is 82.8. The highest BCUT2D eigenvalue weighted by Crippen LogP contribution is 2.43. The number of aliphatic hydroxyl groups excluding tert-OH is 1. The average Bonchev–Trinajstić information content (AvgIpc) is 3.97. The minimum absolute atomic E-state index is 0.0130. The Morgan fingerprint density at radius 3 is 2.38 bits per heavy atom. The summed E-state index contributed by atoms with van der Waals surface area (Å²) in [5.74, 6) is 1.39. The van der Waals surface area contributed by atoms with Crippen molar-refractivity contribution in [2.75, 3.05) is 117 Å². The number of nitrogens with one attached hydrogen (secondary N) is 6. The lowest BCUT2D eigenvalue weighted by atomic mass is 9.83. The van der Waals surface area contributed by atoms with Gasteiger partial charge in [-0.15, -0.1) is 0 Å². The fourth-order valence-corrected chi connectivity index (χ4v) is 11.9. The van der Waals surface area contributed by atoms with Crippen LogP contribution in [0, 0.1) is 5.92 Å². The van der Waals surface area contributed by atoms with Crippen molar-refractivity contribution in [1.82, 2.24) is 51.7 Å². The number of halogens is 1. The zero-order chi connectivity index (χ0) is 57.8. The van der Waals surface area contributed by atoms with E-state index in [4.69, 9.17) is 25.8 Å². The van der Waals surface area contributed by atoms with Crippen LogP contribution < -0.4 is 46.3 Å². The summed E-state index contributed by atoms with van der Waals surface area (Å²) in [6.45, 7) is 11.3. The van der Waals surface area contributed by atoms with Gasteiger partial charge >= 0.3 is 0 Å². The fourth-order valence-electron chi connectivity index (χ4n) is 11.8. The van der Waals surface area contributed by atoms with Crippen LogP contribution in [0.25, 0.3) is 0 Å². The van der Waals surface area contributed by atoms with Crippen LogP contribution in [0.3, 0.4) is 0 Å². The fraction of sp³-hybridized carbons (Fsp3) is 0.557. The van der Waals surface area contributed by atoms with E-state index in [9.17, 15) is 29.1 Å². The third-order valence-corrected chi connectivity index (χ3v) is 16.5. The maximum Gasteiger partial charge on any atom is 0.251 e. The van der Waals surface area contributed by atoms with Gasteiger partial charge in [0.1, 0.15) is 29.7 Å². The molecule has 0 radical (unpaired) electrons. The molecule has 82 heavy (non-hydrogen) atoms. The minimum Gasteiger partial charge on any atom is -0.497 e. The zero-order valence-electron chi connectivity index (χ0n) is 47.9. The van der Waals surface area contributed by atoms with Crippen molar-refractivity contribution in [2.24, 2.45) is 5.92 Å². The van der Waals surface area contributed by atoms with Gasteiger partial charge in [-0.3, -0.25) is 24.0 Å². The molecule has 3 heterocycles. The number of piperazine rings is 1. The van der Waals surface area contributed by atoms with E-state index >= 15 is 0 Å². The van der Waals surface area contributed by atoms with Crippen LogP contribution in [0.2, 0.25) is 5.02 Å². The molecule has 21 heteroatoms. The maximum absolute atomic E-state index is 14.1. The number of amides is 5. The number of hydrogen-bond donors (Lipinski definition) is 7. The molecule has 4 aliphatic rings. The smallest absolute Gasteiger partial charge is 0.251 e. The lowest BCUT2D eigenvalue weighted by molar-refractivity contribution is -0.133. The Morgan fingerprint density at radius 2 is 1.60 bits per heavy atom. The number of hydrogen-bond acceptors (Lipinski definition) is 15. The Kier molecular flexibility index (Phi) is 23.5. The summed E-state index contributed by atoms with van der Waals surface area (Å²) in [5, 5.41) is 29.9. The first-order valence-electron chi connectivity index (χ1n) is 29.4. The Labute approximate surface area is 487 Å². The van der Waals surface area contributed by atoms with Crippen LogP contribution in [-0.2, 0) is 30.5 Å². The number of fused-ring (bicyclic) bond motifs is 1. The first-order chi connectivity index (χ1) is 39.9. The van der Waals surface area contributed by atoms with Gasteiger partial charge in [-0.2, -0.15) is 0 Å². The summed E-state index contributed by atoms with van der Waals surface area (Å²) in [6, 6.07) is 19.9. The second-order valence-electron chi connectivity index (χ2n) is 21.9. The average molecular weight is 1150 g/mol. The van der Waals surface area contributed by atoms with Crippen LogP contribution >= 0.6 is 11.6 Å². The van der Waals surface area contributed by atoms with E-state index < -0.39 is 18.1 Å². The largest absolute Gasteiger partial charge is 0.497 e. The number of aromatic nitrogens is 2. The number of carbonyl (C=O) groups excluding carboxylic acids is 5. The number of carbonyl (C=O) groups is 5. The Bertz CT molecular complexity index is 2740. The number of benzene rings is 3. The molecule has 20 nitrogen and oxygen atoms in total. The highest BCUT2D eigenvalue weighted by Gasteiger charge is 2.36. The zero-order valence-corrected chi connectivity index (χ0v) is 48.7. The molecule has 3 aromatic carbocycles. The van der Waals surface area contributed by atoms with Gasteiger partial charge in [-0.25, -0.2) is 9.97 Å². The quantitative estimate of drug-likeness (QED) is 0.0378. The number of aliphatic hydroxyl groups is 1. The van der Waals surface area contributed by atoms with Crippen molar-refractivity contribution in [3.8, 4) is 11.5 Å². The maximum atomic E-state index is 14.1. The van der Waals surface area contributed by atoms with Gasteiger partial charge in [-0.1, -0.05) is 68.1 Å². The van der Waals surface area contributed by atoms with Crippen molar-refractivity contribution in [3.05, 3.63) is 112 Å². The van der Waals surface area contributed by atoms with Gasteiger partial charge in [0, 0.05) is 112 Å². The molecule has 5 amide bonds. The molecule has 1 saturated carbocycles. The monoisotopic (exact) mass is 1150 g/mol. The second kappa shape index (κ2) is 31.3. The number of piperidine rings is 1. The standard InChI is InChI=1S/C61H84ClN11O9/c1-4-82-52-34-49(80-3)20-17-46(52)35-65-38-54(76)73-25-9-14-47(39-73)44-12-8-13-45(33-44)59(77)70-56(43-10-6-5-7-11-43)60(78)67-24-31-81-30-23-64-37-53(75)66-22-21-63-36-50(42-15-18-48(62)19-16-42)61(79)72-28-26-71(27-29-72)58-55-41(2)32-51(74)57(55)68-40-69-58/h8,12-13,15-20,33-34,40-41,43,47,50-51,56,63-65,74H,4-7,9-11,14,21-32,35-39H2,1-3H3,(H,66,75)(H,67,78)(H,70,77)/t41-,47?,50-,51-,56-/m1/s1. The van der Waals surface area contributed by atoms with E-state index in [1.807, 2.05) is 65.3 Å². The molecular weight excluding hydrogens is 1070 g/mol. The molecule has 0 spiro atoms. The topological polar surface area (TPSA) is 241 Å². The molecule has 2 aliphatic heterocycles. The second-order valence-corrected chi connectivity index (χ2v) is 22.3. The van der Waals surface area contributed by atoms with Crippen LogP contribution in [0.15, 0.2) is 73.1 Å². The number of nitrogens with zero attached hydrogens (tertiary/aromatic N) is 5. The Balaban J connectivity index is 0.710. The van der Waals surface area contributed by atoms with Gasteiger partial charge in [0.25, 0.3) is 5.91 Å². The van der Waals surface area contributed by atoms with Crippen LogP contribution in [0.1, 0.15) is 127 Å². The summed E-state index contributed by atoms with van der Waals surface area (Å²) >= 11 is 6.22. The summed E-state index contributed by atoms with van der Waals surface area (Å²) in [6.07, 6.45) is 8.12. The van der Waals surface area contributed by atoms with Gasteiger partial charge < -0.3 is 65.9 Å². The molecule has 7 N–H and O–H groups in total. The first kappa shape index (κ1) is 61.6. The van der Waals surface area contributed by atoms with E-state index in [0.717, 1.165) is 78.8 Å². The van der Waals surface area contributed by atoms with E-state index in [2.05, 4.69) is 53.7 Å². The SMILES string of the molecule is CCOc1cc(OC)ccc1CNCC(=O)N1CCCC(c2cccc(C(=O)N[C@@H](C(=O)NCCOCCNCC(=O)NCCNC[C@@H](C(=O)N3CCN(c4ncnc5c4[C@H](C)C[C@H]5O)CC3)c3ccc(Cl)cc3)C3CCCCC3)c2)C1. The van der Waals surface area contributed by atoms with E-state index in [1.54, 1.807) is 25.3 Å². The minimum atomic E-state index is -0.691. The Hall–Kier alpha value is -6.42. The highest BCUT2D eigenvalue weighted by atomic mass is 35.5. The van der Waals surface area contributed by atoms with Gasteiger partial charge in [0.15, 0.2) is 0 Å². The number of likely N-dealkylation sites (tertiary alicyclic amines) is 1. The normalized spacial score (nSPS) is 19.0. The van der Waals surface area contributed by atoms with E-state index in [-0.39, 0.29) is 73.5 Å². The van der Waals surface area contributed by atoms with Crippen molar-refractivity contribution in [1.29, 1.82) is 0 Å². The third-order valence-electron chi connectivity index (χ3n) is 16.2. The van der Waals surface area contributed by atoms with Crippen LogP contribution in [0.4, 0.5) is 5.82 Å². The molecule has 1 aromatic heterocycles. The summed E-state index contributed by atoms with van der Waals surface area (Å²) in [5.41, 5.74) is 4.98. The third kappa shape index (κ3) is 17.1. The molecule has 3 fully saturated rings. The molecular formula is C61H84ClN11O9. The number of methoxy groups -OCH3 is 1. The van der Waals surface area contributed by atoms with Gasteiger partial charge in [0.2, 0.25) is 23.6 Å². The highest BCUT2D eigenvalue weighted by molar-refractivity contribution is 6.30. The predicted molar refractivity (Wildman–Crippen MR) is 314 cm³/mol. The van der Waals surface area contributed by atoms with Crippen molar-refractivity contribution in [3.63, 3.8) is 0 Å². The first-order valence-corrected chi connectivity index (χ1v) is 29.8. The lowest BCUT2D eigenvalue weighted by Gasteiger charge is -2.38. The van der Waals surface area contributed by atoms with Crippen molar-refractivity contribution >= 4 is 47.0 Å². The molecule has 4 aromatic rings. The van der Waals surface area contributed by atoms with E-state index in [1.165, 1.54) is 6.33 Å². The van der Waals surface area contributed by atoms with E-state index in [0.29, 0.717) is 114 Å². The van der Waals surface area contributed by atoms with Crippen LogP contribution in [0.5, 0.6) is 11.5 Å². The van der Waals surface area contributed by atoms with Gasteiger partial charge in [-0.05, 0) is 92.3 Å². The predicted octanol–water partition coefficient (Wildman–Crippen LogP) is 4.81. The summed E-state index contributed by atoms with van der Waals surface area (Å²) in [7, 11) is 1.62. The van der Waals surface area contributed by atoms with Crippen molar-refractivity contribution in [2.45, 2.75) is 102 Å². The van der Waals surface area contributed by atoms with Crippen LogP contribution in [-0.4, -0.2) is 172 Å². The lowest BCUT2D eigenvalue weighted by Crippen LogP contribution is -2.52. The molecule has 444 valence electrons. The number of ether oxygens (including phenoxy) is 3. The molecule has 1 unspecified atom stereocenters. The molecule has 2 saturated heterocycles. The molecule has 8 rings (SSSR count). The summed E-state index contributed by atoms with van der Waals surface area (Å²) < 4.78 is 16.9. The molecule has 0 bridgehead atoms. The molecule has 2 aliphatic carbocycles. The number of rotatable bonds is 28. The number of anilines is 1. The Morgan fingerprint density at radius 1 is 0.805 bits per heavy atom. The molecule has 5 atom stereocenters. The van der Waals surface area contributed by atoms with Gasteiger partial charge in [0.05, 0.1) is 57.7 Å².